The summed E-state index contributed by atoms with van der Waals surface area (Å²) in [5.41, 5.74) is 0. The lowest BCUT2D eigenvalue weighted by atomic mass is 10.3. The molecule has 17 heavy (non-hydrogen) atoms. The maximum absolute atomic E-state index is 12.0. The van der Waals surface area contributed by atoms with Crippen molar-refractivity contribution in [3.05, 3.63) is 21.9 Å². The fraction of sp³-hybridized carbons (Fsp3) is 0.583. The van der Waals surface area contributed by atoms with Crippen molar-refractivity contribution in [2.75, 3.05) is 7.11 Å². The number of aryl methyl sites for hydroxylation is 1. The molecule has 0 aromatic carbocycles. The summed E-state index contributed by atoms with van der Waals surface area (Å²) in [6.45, 7) is 3.92. The highest BCUT2D eigenvalue weighted by Crippen LogP contribution is 2.20. The molecule has 0 aliphatic rings. The Morgan fingerprint density at radius 1 is 1.47 bits per heavy atom. The molecule has 0 aliphatic carbocycles. The van der Waals surface area contributed by atoms with Crippen molar-refractivity contribution < 1.29 is 13.7 Å². The highest BCUT2D eigenvalue weighted by atomic mass is 32.2. The molecule has 1 heterocycles. The van der Waals surface area contributed by atoms with Gasteiger partial charge in [0, 0.05) is 25.8 Å². The van der Waals surface area contributed by atoms with Crippen molar-refractivity contribution in [1.29, 1.82) is 0 Å². The minimum Gasteiger partial charge on any atom is -0.469 e. The van der Waals surface area contributed by atoms with Gasteiger partial charge in [-0.1, -0.05) is 13.8 Å². The summed E-state index contributed by atoms with van der Waals surface area (Å²) < 4.78 is 16.5. The molecule has 2 unspecified atom stereocenters. The normalized spacial score (nSPS) is 14.3. The fourth-order valence-electron chi connectivity index (χ4n) is 1.38. The van der Waals surface area contributed by atoms with Gasteiger partial charge >= 0.3 is 5.97 Å². The van der Waals surface area contributed by atoms with Gasteiger partial charge < -0.3 is 4.74 Å². The molecule has 0 spiro atoms. The standard InChI is InChI=1S/C12H18O3S2/c1-4-10-5-6-11(16-10)8-17(14)9(2)7-12(13)15-3/h5-6,9H,4,7-8H2,1-3H3. The summed E-state index contributed by atoms with van der Waals surface area (Å²) in [7, 11) is 0.335. The monoisotopic (exact) mass is 274 g/mol. The van der Waals surface area contributed by atoms with E-state index >= 15 is 0 Å². The quantitative estimate of drug-likeness (QED) is 0.749. The molecular formula is C12H18O3S2. The second kappa shape index (κ2) is 6.91. The van der Waals surface area contributed by atoms with E-state index in [-0.39, 0.29) is 17.6 Å². The number of ether oxygens (including phenoxy) is 1. The van der Waals surface area contributed by atoms with Crippen LogP contribution in [-0.4, -0.2) is 22.5 Å². The van der Waals surface area contributed by atoms with Crippen LogP contribution in [0.3, 0.4) is 0 Å². The summed E-state index contributed by atoms with van der Waals surface area (Å²) in [6.07, 6.45) is 1.23. The molecule has 0 aliphatic heterocycles. The molecule has 0 radical (unpaired) electrons. The van der Waals surface area contributed by atoms with Crippen LogP contribution in [0.4, 0.5) is 0 Å². The van der Waals surface area contributed by atoms with Gasteiger partial charge in [-0.15, -0.1) is 11.3 Å². The van der Waals surface area contributed by atoms with Gasteiger partial charge in [0.25, 0.3) is 0 Å². The van der Waals surface area contributed by atoms with Crippen molar-refractivity contribution in [1.82, 2.24) is 0 Å². The number of rotatable bonds is 6. The maximum atomic E-state index is 12.0. The zero-order valence-electron chi connectivity index (χ0n) is 10.4. The van der Waals surface area contributed by atoms with E-state index in [0.717, 1.165) is 11.3 Å². The van der Waals surface area contributed by atoms with E-state index in [2.05, 4.69) is 17.7 Å². The first-order valence-corrected chi connectivity index (χ1v) is 7.78. The minimum atomic E-state index is -1.02. The van der Waals surface area contributed by atoms with E-state index in [0.29, 0.717) is 5.75 Å². The Morgan fingerprint density at radius 2 is 2.12 bits per heavy atom. The lowest BCUT2D eigenvalue weighted by Crippen LogP contribution is -2.17. The summed E-state index contributed by atoms with van der Waals surface area (Å²) in [5, 5.41) is -0.158. The average molecular weight is 274 g/mol. The molecule has 0 saturated carbocycles. The van der Waals surface area contributed by atoms with E-state index in [1.165, 1.54) is 12.0 Å². The van der Waals surface area contributed by atoms with Gasteiger partial charge in [0.2, 0.25) is 0 Å². The lowest BCUT2D eigenvalue weighted by molar-refractivity contribution is -0.140. The third-order valence-corrected chi connectivity index (χ3v) is 5.55. The SMILES string of the molecule is CCc1ccc(CS(=O)C(C)CC(=O)OC)s1. The zero-order chi connectivity index (χ0) is 12.8. The Morgan fingerprint density at radius 3 is 2.65 bits per heavy atom. The third kappa shape index (κ3) is 4.60. The Labute approximate surface area is 109 Å². The number of methoxy groups -OCH3 is 1. The molecule has 5 heteroatoms. The Hall–Kier alpha value is -0.680. The van der Waals surface area contributed by atoms with Crippen molar-refractivity contribution in [3.63, 3.8) is 0 Å². The molecule has 0 bridgehead atoms. The largest absolute Gasteiger partial charge is 0.469 e. The van der Waals surface area contributed by atoms with E-state index in [1.54, 1.807) is 11.3 Å². The van der Waals surface area contributed by atoms with E-state index in [4.69, 9.17) is 0 Å². The van der Waals surface area contributed by atoms with Gasteiger partial charge in [-0.05, 0) is 18.6 Å². The van der Waals surface area contributed by atoms with Gasteiger partial charge in [0.05, 0.1) is 19.3 Å². The van der Waals surface area contributed by atoms with Gasteiger partial charge in [0.1, 0.15) is 0 Å². The first-order valence-electron chi connectivity index (χ1n) is 5.58. The van der Waals surface area contributed by atoms with Crippen LogP contribution in [-0.2, 0) is 32.5 Å². The van der Waals surface area contributed by atoms with Crippen LogP contribution >= 0.6 is 11.3 Å². The van der Waals surface area contributed by atoms with Crippen molar-refractivity contribution in [3.8, 4) is 0 Å². The molecule has 2 atom stereocenters. The molecule has 3 nitrogen and oxygen atoms in total. The van der Waals surface area contributed by atoms with Crippen LogP contribution in [0.25, 0.3) is 0 Å². The van der Waals surface area contributed by atoms with Gasteiger partial charge in [-0.25, -0.2) is 0 Å². The smallest absolute Gasteiger partial charge is 0.306 e. The first-order chi connectivity index (χ1) is 8.06. The third-order valence-electron chi connectivity index (χ3n) is 2.48. The summed E-state index contributed by atoms with van der Waals surface area (Å²) in [4.78, 5) is 13.5. The van der Waals surface area contributed by atoms with Crippen LogP contribution in [0.1, 0.15) is 30.0 Å². The topological polar surface area (TPSA) is 43.4 Å². The van der Waals surface area contributed by atoms with Crippen LogP contribution in [0, 0.1) is 0 Å². The number of carbonyl (C=O) groups excluding carboxylic acids is 1. The molecular weight excluding hydrogens is 256 g/mol. The summed E-state index contributed by atoms with van der Waals surface area (Å²) >= 11 is 1.69. The van der Waals surface area contributed by atoms with Crippen molar-refractivity contribution in [2.24, 2.45) is 0 Å². The van der Waals surface area contributed by atoms with Crippen LogP contribution in [0.15, 0.2) is 12.1 Å². The minimum absolute atomic E-state index is 0.158. The number of esters is 1. The molecule has 0 fully saturated rings. The lowest BCUT2D eigenvalue weighted by Gasteiger charge is -2.08. The van der Waals surface area contributed by atoms with Crippen molar-refractivity contribution >= 4 is 28.1 Å². The van der Waals surface area contributed by atoms with Crippen LogP contribution in [0.2, 0.25) is 0 Å². The predicted octanol–water partition coefficient (Wildman–Crippen LogP) is 2.51. The number of hydrogen-bond acceptors (Lipinski definition) is 4. The van der Waals surface area contributed by atoms with Crippen LogP contribution in [0.5, 0.6) is 0 Å². The molecule has 1 rings (SSSR count). The van der Waals surface area contributed by atoms with Gasteiger partial charge in [-0.3, -0.25) is 9.00 Å². The number of carbonyl (C=O) groups is 1. The van der Waals surface area contributed by atoms with Crippen LogP contribution < -0.4 is 0 Å². The Balaban J connectivity index is 2.50. The second-order valence-corrected chi connectivity index (χ2v) is 6.95. The van der Waals surface area contributed by atoms with Crippen molar-refractivity contribution in [2.45, 2.75) is 37.7 Å². The molecule has 0 N–H and O–H groups in total. The highest BCUT2D eigenvalue weighted by molar-refractivity contribution is 7.85. The number of hydrogen-bond donors (Lipinski definition) is 0. The molecule has 1 aromatic heterocycles. The van der Waals surface area contributed by atoms with E-state index in [9.17, 15) is 9.00 Å². The molecule has 0 saturated heterocycles. The zero-order valence-corrected chi connectivity index (χ0v) is 12.0. The van der Waals surface area contributed by atoms with Gasteiger partial charge in [-0.2, -0.15) is 0 Å². The Kier molecular flexibility index (Phi) is 5.85. The molecule has 0 amide bonds. The maximum Gasteiger partial charge on any atom is 0.306 e. The first kappa shape index (κ1) is 14.4. The fourth-order valence-corrected chi connectivity index (χ4v) is 3.70. The summed E-state index contributed by atoms with van der Waals surface area (Å²) in [6, 6.07) is 4.09. The highest BCUT2D eigenvalue weighted by Gasteiger charge is 2.16. The van der Waals surface area contributed by atoms with E-state index in [1.807, 2.05) is 13.0 Å². The average Bonchev–Trinajstić information content (AvgIpc) is 2.76. The molecule has 1 aromatic rings. The predicted molar refractivity (Wildman–Crippen MR) is 71.6 cm³/mol. The second-order valence-electron chi connectivity index (χ2n) is 3.84. The Bertz CT molecular complexity index is 398. The van der Waals surface area contributed by atoms with E-state index < -0.39 is 10.8 Å². The molecule has 96 valence electrons. The van der Waals surface area contributed by atoms with Gasteiger partial charge in [0.15, 0.2) is 0 Å². The number of thiophene rings is 1. The summed E-state index contributed by atoms with van der Waals surface area (Å²) in [5.74, 6) is 0.231.